The van der Waals surface area contributed by atoms with Gasteiger partial charge < -0.3 is 5.11 Å². The van der Waals surface area contributed by atoms with Crippen LogP contribution in [-0.2, 0) is 13.6 Å². The Morgan fingerprint density at radius 3 is 2.75 bits per heavy atom. The topological polar surface area (TPSA) is 85.8 Å². The van der Waals surface area contributed by atoms with Gasteiger partial charge in [-0.05, 0) is 18.8 Å². The number of rotatable bonds is 6. The van der Waals surface area contributed by atoms with Crippen molar-refractivity contribution < 1.29 is 9.90 Å². The van der Waals surface area contributed by atoms with Crippen molar-refractivity contribution in [3.05, 3.63) is 18.1 Å². The van der Waals surface area contributed by atoms with Crippen molar-refractivity contribution in [1.29, 1.82) is 0 Å². The van der Waals surface area contributed by atoms with Gasteiger partial charge in [0, 0.05) is 25.4 Å². The number of hydrogen-bond acceptors (Lipinski definition) is 4. The Kier molecular flexibility index (Phi) is 4.16. The third-order valence-corrected chi connectivity index (χ3v) is 3.07. The molecule has 0 aliphatic rings. The van der Waals surface area contributed by atoms with Gasteiger partial charge in [0.1, 0.15) is 5.69 Å². The molecular formula is C13H19N5O2. The zero-order chi connectivity index (χ0) is 14.7. The van der Waals surface area contributed by atoms with Crippen LogP contribution >= 0.6 is 0 Å². The van der Waals surface area contributed by atoms with E-state index in [1.165, 1.54) is 0 Å². The van der Waals surface area contributed by atoms with Crippen LogP contribution in [0.5, 0.6) is 0 Å². The molecule has 0 unspecified atom stereocenters. The van der Waals surface area contributed by atoms with E-state index in [1.807, 2.05) is 0 Å². The molecule has 1 N–H and O–H groups in total. The molecule has 0 aliphatic heterocycles. The number of aryl methyl sites for hydroxylation is 2. The van der Waals surface area contributed by atoms with Crippen molar-refractivity contribution in [2.45, 2.75) is 33.2 Å². The van der Waals surface area contributed by atoms with Crippen molar-refractivity contribution in [3.8, 4) is 11.3 Å². The van der Waals surface area contributed by atoms with Gasteiger partial charge in [0.2, 0.25) is 0 Å². The number of carboxylic acid groups (broad SMARTS) is 1. The second kappa shape index (κ2) is 5.85. The molecule has 0 aromatic carbocycles. The molecular weight excluding hydrogens is 258 g/mol. The van der Waals surface area contributed by atoms with Crippen LogP contribution in [0.25, 0.3) is 11.3 Å². The van der Waals surface area contributed by atoms with Gasteiger partial charge in [0.25, 0.3) is 0 Å². The van der Waals surface area contributed by atoms with Crippen LogP contribution in [-0.4, -0.2) is 35.9 Å². The SMILES string of the molecule is CC(C)CCCn1nnc(C(=O)O)c1-c1cnn(C)c1. The number of aromatic nitrogens is 5. The maximum atomic E-state index is 11.3. The molecule has 7 nitrogen and oxygen atoms in total. The lowest BCUT2D eigenvalue weighted by molar-refractivity contribution is 0.0691. The maximum absolute atomic E-state index is 11.3. The van der Waals surface area contributed by atoms with Crippen molar-refractivity contribution >= 4 is 5.97 Å². The Labute approximate surface area is 117 Å². The van der Waals surface area contributed by atoms with Crippen LogP contribution in [0.3, 0.4) is 0 Å². The fourth-order valence-electron chi connectivity index (χ4n) is 2.09. The number of carboxylic acids is 1. The average Bonchev–Trinajstić information content (AvgIpc) is 2.94. The number of nitrogens with zero attached hydrogens (tertiary/aromatic N) is 5. The van der Waals surface area contributed by atoms with Gasteiger partial charge in [-0.1, -0.05) is 19.1 Å². The smallest absolute Gasteiger partial charge is 0.358 e. The van der Waals surface area contributed by atoms with Crippen LogP contribution in [0.4, 0.5) is 0 Å². The summed E-state index contributed by atoms with van der Waals surface area (Å²) in [5, 5.41) is 21.0. The summed E-state index contributed by atoms with van der Waals surface area (Å²) in [6.07, 6.45) is 5.40. The lowest BCUT2D eigenvalue weighted by Gasteiger charge is -2.07. The van der Waals surface area contributed by atoms with Crippen LogP contribution in [0.2, 0.25) is 0 Å². The minimum Gasteiger partial charge on any atom is -0.476 e. The highest BCUT2D eigenvalue weighted by Gasteiger charge is 2.21. The van der Waals surface area contributed by atoms with Crippen molar-refractivity contribution in [2.75, 3.05) is 0 Å². The summed E-state index contributed by atoms with van der Waals surface area (Å²) in [6.45, 7) is 4.97. The molecule has 0 spiro atoms. The van der Waals surface area contributed by atoms with E-state index in [0.717, 1.165) is 18.4 Å². The molecule has 0 bridgehead atoms. The molecule has 2 aromatic heterocycles. The van der Waals surface area contributed by atoms with Gasteiger partial charge in [-0.2, -0.15) is 5.10 Å². The quantitative estimate of drug-likeness (QED) is 0.870. The predicted molar refractivity (Wildman–Crippen MR) is 73.3 cm³/mol. The van der Waals surface area contributed by atoms with E-state index in [9.17, 15) is 9.90 Å². The summed E-state index contributed by atoms with van der Waals surface area (Å²) >= 11 is 0. The molecule has 20 heavy (non-hydrogen) atoms. The molecule has 0 saturated carbocycles. The molecule has 0 atom stereocenters. The zero-order valence-corrected chi connectivity index (χ0v) is 11.9. The molecule has 0 saturated heterocycles. The van der Waals surface area contributed by atoms with E-state index in [0.29, 0.717) is 18.2 Å². The highest BCUT2D eigenvalue weighted by molar-refractivity contribution is 5.92. The van der Waals surface area contributed by atoms with Crippen LogP contribution in [0.15, 0.2) is 12.4 Å². The summed E-state index contributed by atoms with van der Waals surface area (Å²) < 4.78 is 3.29. The molecule has 2 rings (SSSR count). The highest BCUT2D eigenvalue weighted by Crippen LogP contribution is 2.22. The van der Waals surface area contributed by atoms with Crippen molar-refractivity contribution in [2.24, 2.45) is 13.0 Å². The summed E-state index contributed by atoms with van der Waals surface area (Å²) in [6, 6.07) is 0. The van der Waals surface area contributed by atoms with Crippen LogP contribution < -0.4 is 0 Å². The van der Waals surface area contributed by atoms with E-state index < -0.39 is 5.97 Å². The number of hydrogen-bond donors (Lipinski definition) is 1. The first-order valence-electron chi connectivity index (χ1n) is 6.65. The first-order valence-corrected chi connectivity index (χ1v) is 6.65. The van der Waals surface area contributed by atoms with Gasteiger partial charge in [0.15, 0.2) is 5.69 Å². The lowest BCUT2D eigenvalue weighted by Crippen LogP contribution is -2.05. The molecule has 0 aliphatic carbocycles. The van der Waals surface area contributed by atoms with Crippen molar-refractivity contribution in [1.82, 2.24) is 24.8 Å². The van der Waals surface area contributed by atoms with E-state index in [-0.39, 0.29) is 5.69 Å². The van der Waals surface area contributed by atoms with Crippen molar-refractivity contribution in [3.63, 3.8) is 0 Å². The van der Waals surface area contributed by atoms with Gasteiger partial charge in [-0.15, -0.1) is 5.10 Å². The van der Waals surface area contributed by atoms with E-state index in [2.05, 4.69) is 29.3 Å². The summed E-state index contributed by atoms with van der Waals surface area (Å²) in [5.74, 6) is -0.460. The summed E-state index contributed by atoms with van der Waals surface area (Å²) in [4.78, 5) is 11.3. The Bertz CT molecular complexity index is 600. The van der Waals surface area contributed by atoms with E-state index in [1.54, 1.807) is 28.8 Å². The average molecular weight is 277 g/mol. The molecule has 0 radical (unpaired) electrons. The van der Waals surface area contributed by atoms with Gasteiger partial charge in [-0.3, -0.25) is 4.68 Å². The first-order chi connectivity index (χ1) is 9.49. The molecule has 0 fully saturated rings. The predicted octanol–water partition coefficient (Wildman–Crippen LogP) is 1.81. The molecule has 2 aromatic rings. The summed E-state index contributed by atoms with van der Waals surface area (Å²) in [5.41, 5.74) is 1.22. The van der Waals surface area contributed by atoms with Crippen LogP contribution in [0.1, 0.15) is 37.2 Å². The van der Waals surface area contributed by atoms with Gasteiger partial charge >= 0.3 is 5.97 Å². The standard InChI is InChI=1S/C13H19N5O2/c1-9(2)5-4-6-18-12(10-7-14-17(3)8-10)11(13(19)20)15-16-18/h7-9H,4-6H2,1-3H3,(H,19,20). The number of carbonyl (C=O) groups is 1. The fraction of sp³-hybridized carbons (Fsp3) is 0.538. The Morgan fingerprint density at radius 2 is 2.20 bits per heavy atom. The largest absolute Gasteiger partial charge is 0.476 e. The second-order valence-electron chi connectivity index (χ2n) is 5.25. The molecule has 2 heterocycles. The maximum Gasteiger partial charge on any atom is 0.358 e. The second-order valence-corrected chi connectivity index (χ2v) is 5.25. The van der Waals surface area contributed by atoms with Gasteiger partial charge in [-0.25, -0.2) is 9.48 Å². The number of aromatic carboxylic acids is 1. The third-order valence-electron chi connectivity index (χ3n) is 3.07. The van der Waals surface area contributed by atoms with E-state index >= 15 is 0 Å². The summed E-state index contributed by atoms with van der Waals surface area (Å²) in [7, 11) is 1.79. The van der Waals surface area contributed by atoms with Gasteiger partial charge in [0.05, 0.1) is 6.20 Å². The molecule has 0 amide bonds. The highest BCUT2D eigenvalue weighted by atomic mass is 16.4. The Hall–Kier alpha value is -2.18. The molecule has 7 heteroatoms. The normalized spacial score (nSPS) is 11.2. The Morgan fingerprint density at radius 1 is 1.45 bits per heavy atom. The van der Waals surface area contributed by atoms with Crippen LogP contribution in [0, 0.1) is 5.92 Å². The minimum atomic E-state index is -1.07. The van der Waals surface area contributed by atoms with E-state index in [4.69, 9.17) is 0 Å². The lowest BCUT2D eigenvalue weighted by atomic mass is 10.1. The Balaban J connectivity index is 2.30. The third kappa shape index (κ3) is 3.04. The monoisotopic (exact) mass is 277 g/mol. The fourth-order valence-corrected chi connectivity index (χ4v) is 2.09. The molecule has 108 valence electrons. The zero-order valence-electron chi connectivity index (χ0n) is 11.9. The first kappa shape index (κ1) is 14.2. The minimum absolute atomic E-state index is 0.0254.